The Bertz CT molecular complexity index is 515. The molecule has 0 aromatic carbocycles. The Morgan fingerprint density at radius 2 is 0.444 bits per heavy atom. The average Bonchev–Trinajstić information content (AvgIpc) is 3.72. The fourth-order valence-corrected chi connectivity index (χ4v) is 5.50. The molecule has 36 heavy (non-hydrogen) atoms. The fraction of sp³-hybridized carbons (Fsp3) is 1.00. The number of methoxy groups -OCH3 is 6. The molecule has 6 unspecified atom stereocenters. The average molecular weight is 523 g/mol. The van der Waals surface area contributed by atoms with Crippen LogP contribution in [-0.2, 0) is 56.8 Å². The van der Waals surface area contributed by atoms with Gasteiger partial charge in [-0.3, -0.25) is 0 Å². The summed E-state index contributed by atoms with van der Waals surface area (Å²) in [6, 6.07) is 0. The first kappa shape index (κ1) is 28.5. The van der Waals surface area contributed by atoms with Crippen LogP contribution in [0.25, 0.3) is 0 Å². The van der Waals surface area contributed by atoms with Crippen LogP contribution in [0.5, 0.6) is 0 Å². The quantitative estimate of drug-likeness (QED) is 0.446. The van der Waals surface area contributed by atoms with E-state index in [1.54, 1.807) is 42.7 Å². The molecule has 6 aliphatic rings. The van der Waals surface area contributed by atoms with Crippen molar-refractivity contribution in [1.82, 2.24) is 0 Å². The second kappa shape index (κ2) is 13.5. The molecule has 0 bridgehead atoms. The lowest BCUT2D eigenvalue weighted by molar-refractivity contribution is -0.0267. The highest BCUT2D eigenvalue weighted by Gasteiger charge is 2.49. The molecule has 0 N–H and O–H groups in total. The first-order valence-corrected chi connectivity index (χ1v) is 12.5. The van der Waals surface area contributed by atoms with Crippen LogP contribution in [0, 0.1) is 0 Å². The van der Waals surface area contributed by atoms with Gasteiger partial charge in [0.1, 0.15) is 73.2 Å². The SMILES string of the molecule is CO[C@@H]1COC2C1OC[C@H]2OC.CO[C@H]1COC2C1OC[C@@H]2OC.CO[C@H]1COC2C1OC[C@H]2OC. The van der Waals surface area contributed by atoms with Gasteiger partial charge < -0.3 is 56.8 Å². The first-order chi connectivity index (χ1) is 17.6. The summed E-state index contributed by atoms with van der Waals surface area (Å²) in [5, 5.41) is 0. The Labute approximate surface area is 212 Å². The van der Waals surface area contributed by atoms with E-state index in [-0.39, 0.29) is 73.2 Å². The summed E-state index contributed by atoms with van der Waals surface area (Å²) in [5.41, 5.74) is 0. The van der Waals surface area contributed by atoms with Gasteiger partial charge in [0.25, 0.3) is 0 Å². The van der Waals surface area contributed by atoms with Crippen LogP contribution < -0.4 is 0 Å². The second-order valence-corrected chi connectivity index (χ2v) is 9.43. The molecular formula is C24H42O12. The van der Waals surface area contributed by atoms with E-state index >= 15 is 0 Å². The van der Waals surface area contributed by atoms with Crippen LogP contribution >= 0.6 is 0 Å². The van der Waals surface area contributed by atoms with E-state index in [2.05, 4.69) is 0 Å². The molecule has 0 saturated carbocycles. The van der Waals surface area contributed by atoms with Crippen LogP contribution in [0.4, 0.5) is 0 Å². The summed E-state index contributed by atoms with van der Waals surface area (Å²) in [5.74, 6) is 0. The summed E-state index contributed by atoms with van der Waals surface area (Å²) < 4.78 is 64.3. The van der Waals surface area contributed by atoms with Crippen LogP contribution in [0.3, 0.4) is 0 Å². The van der Waals surface area contributed by atoms with Crippen LogP contribution in [0.2, 0.25) is 0 Å². The van der Waals surface area contributed by atoms with Gasteiger partial charge in [-0.15, -0.1) is 0 Å². The van der Waals surface area contributed by atoms with E-state index in [9.17, 15) is 0 Å². The third kappa shape index (κ3) is 5.90. The Morgan fingerprint density at radius 1 is 0.306 bits per heavy atom. The smallest absolute Gasteiger partial charge is 0.115 e. The molecule has 6 heterocycles. The maximum atomic E-state index is 5.51. The van der Waals surface area contributed by atoms with Crippen molar-refractivity contribution in [3.05, 3.63) is 0 Å². The van der Waals surface area contributed by atoms with Gasteiger partial charge in [-0.25, -0.2) is 0 Å². The molecule has 6 saturated heterocycles. The predicted octanol–water partition coefficient (Wildman–Crippen LogP) is -0.558. The minimum Gasteiger partial charge on any atom is -0.376 e. The summed E-state index contributed by atoms with van der Waals surface area (Å²) in [6.07, 6.45) is 0.889. The standard InChI is InChI=1S/3C8H14O4/c3*1-9-5-3-11-8-6(10-2)4-12-7(5)8/h3*5-8H,3-4H2,1-2H3/t5-,6+,7?,8?;2*5-,6-,7?,8?/m.10/s1. The van der Waals surface area contributed by atoms with E-state index < -0.39 is 0 Å². The molecule has 0 amide bonds. The van der Waals surface area contributed by atoms with Crippen LogP contribution in [-0.4, -0.2) is 156 Å². The molecule has 12 nitrogen and oxygen atoms in total. The van der Waals surface area contributed by atoms with Gasteiger partial charge in [-0.05, 0) is 0 Å². The molecule has 0 aromatic heterocycles. The summed E-state index contributed by atoms with van der Waals surface area (Å²) in [7, 11) is 10.1. The number of hydrogen-bond acceptors (Lipinski definition) is 12. The molecular weight excluding hydrogens is 480 g/mol. The van der Waals surface area contributed by atoms with Crippen molar-refractivity contribution in [2.45, 2.75) is 73.2 Å². The molecule has 6 aliphatic heterocycles. The van der Waals surface area contributed by atoms with Gasteiger partial charge in [-0.1, -0.05) is 0 Å². The lowest BCUT2D eigenvalue weighted by Gasteiger charge is -2.14. The van der Waals surface area contributed by atoms with E-state index in [1.807, 2.05) is 0 Å². The zero-order valence-electron chi connectivity index (χ0n) is 22.1. The third-order valence-corrected chi connectivity index (χ3v) is 7.70. The molecule has 6 fully saturated rings. The molecule has 210 valence electrons. The first-order valence-electron chi connectivity index (χ1n) is 12.5. The summed E-state index contributed by atoms with van der Waals surface area (Å²) >= 11 is 0. The Kier molecular flexibility index (Phi) is 10.7. The van der Waals surface area contributed by atoms with Crippen molar-refractivity contribution in [2.24, 2.45) is 0 Å². The van der Waals surface area contributed by atoms with E-state index in [1.165, 1.54) is 0 Å². The van der Waals surface area contributed by atoms with E-state index in [0.29, 0.717) is 39.6 Å². The minimum absolute atomic E-state index is 0.0694. The summed E-state index contributed by atoms with van der Waals surface area (Å²) in [4.78, 5) is 0. The van der Waals surface area contributed by atoms with Crippen molar-refractivity contribution in [2.75, 3.05) is 82.3 Å². The number of fused-ring (bicyclic) bond motifs is 3. The molecule has 0 aromatic rings. The molecule has 0 radical (unpaired) electrons. The fourth-order valence-electron chi connectivity index (χ4n) is 5.50. The normalized spacial score (nSPS) is 46.5. The van der Waals surface area contributed by atoms with Crippen molar-refractivity contribution in [1.29, 1.82) is 0 Å². The lowest BCUT2D eigenvalue weighted by atomic mass is 10.1. The lowest BCUT2D eigenvalue weighted by Crippen LogP contribution is -2.32. The largest absolute Gasteiger partial charge is 0.376 e. The zero-order chi connectivity index (χ0) is 25.7. The molecule has 12 atom stereocenters. The molecule has 0 aliphatic carbocycles. The van der Waals surface area contributed by atoms with Gasteiger partial charge in [0, 0.05) is 42.7 Å². The van der Waals surface area contributed by atoms with Gasteiger partial charge in [0.2, 0.25) is 0 Å². The summed E-state index contributed by atoms with van der Waals surface area (Å²) in [6.45, 7) is 3.70. The van der Waals surface area contributed by atoms with Crippen molar-refractivity contribution in [3.63, 3.8) is 0 Å². The van der Waals surface area contributed by atoms with E-state index in [0.717, 1.165) is 0 Å². The van der Waals surface area contributed by atoms with Gasteiger partial charge in [0.05, 0.1) is 39.6 Å². The second-order valence-electron chi connectivity index (χ2n) is 9.43. The number of rotatable bonds is 6. The maximum Gasteiger partial charge on any atom is 0.115 e. The third-order valence-electron chi connectivity index (χ3n) is 7.70. The van der Waals surface area contributed by atoms with Crippen molar-refractivity contribution in [3.8, 4) is 0 Å². The Balaban J connectivity index is 0.000000127. The van der Waals surface area contributed by atoms with E-state index in [4.69, 9.17) is 56.8 Å². The Morgan fingerprint density at radius 3 is 0.556 bits per heavy atom. The predicted molar refractivity (Wildman–Crippen MR) is 123 cm³/mol. The highest BCUT2D eigenvalue weighted by Crippen LogP contribution is 2.31. The molecule has 0 spiro atoms. The van der Waals surface area contributed by atoms with Gasteiger partial charge >= 0.3 is 0 Å². The monoisotopic (exact) mass is 522 g/mol. The van der Waals surface area contributed by atoms with Gasteiger partial charge in [0.15, 0.2) is 0 Å². The van der Waals surface area contributed by atoms with Gasteiger partial charge in [-0.2, -0.15) is 0 Å². The highest BCUT2D eigenvalue weighted by molar-refractivity contribution is 4.97. The minimum atomic E-state index is 0.0694. The number of ether oxygens (including phenoxy) is 12. The maximum absolute atomic E-state index is 5.51. The molecule has 6 rings (SSSR count). The Hall–Kier alpha value is -0.480. The van der Waals surface area contributed by atoms with Crippen molar-refractivity contribution < 1.29 is 56.8 Å². The highest BCUT2D eigenvalue weighted by atomic mass is 16.7. The van der Waals surface area contributed by atoms with Crippen molar-refractivity contribution >= 4 is 0 Å². The van der Waals surface area contributed by atoms with Crippen LogP contribution in [0.15, 0.2) is 0 Å². The zero-order valence-corrected chi connectivity index (χ0v) is 22.1. The van der Waals surface area contributed by atoms with Crippen LogP contribution in [0.1, 0.15) is 0 Å². The topological polar surface area (TPSA) is 111 Å². The number of hydrogen-bond donors (Lipinski definition) is 0. The molecule has 12 heteroatoms.